The summed E-state index contributed by atoms with van der Waals surface area (Å²) in [7, 11) is 0. The van der Waals surface area contributed by atoms with E-state index in [4.69, 9.17) is 9.37 Å². The molecule has 1 aromatic carbocycles. The maximum absolute atomic E-state index is 5.96. The second-order valence-electron chi connectivity index (χ2n) is 4.97. The number of nitrogens with zero attached hydrogens (tertiary/aromatic N) is 2. The van der Waals surface area contributed by atoms with Gasteiger partial charge in [-0.1, -0.05) is 33.2 Å². The zero-order valence-corrected chi connectivity index (χ0v) is 14.2. The zero-order valence-electron chi connectivity index (χ0n) is 12.6. The molecule has 0 aliphatic carbocycles. The number of nitrogens with one attached hydrogen (secondary N) is 1. The SMILES string of the molecule is CCCNCc1cc(Br)cc(C)c1OCc1nonc1C. The molecule has 0 spiro atoms. The largest absolute Gasteiger partial charge is 0.486 e. The highest BCUT2D eigenvalue weighted by Gasteiger charge is 2.12. The second kappa shape index (κ2) is 7.56. The van der Waals surface area contributed by atoms with Crippen molar-refractivity contribution in [2.24, 2.45) is 0 Å². The van der Waals surface area contributed by atoms with Crippen LogP contribution >= 0.6 is 15.9 Å². The predicted molar refractivity (Wildman–Crippen MR) is 84.2 cm³/mol. The third-order valence-corrected chi connectivity index (χ3v) is 3.62. The minimum atomic E-state index is 0.360. The van der Waals surface area contributed by atoms with Crippen molar-refractivity contribution in [2.75, 3.05) is 6.54 Å². The summed E-state index contributed by atoms with van der Waals surface area (Å²) in [6, 6.07) is 4.13. The third kappa shape index (κ3) is 4.28. The van der Waals surface area contributed by atoms with Gasteiger partial charge in [0.15, 0.2) is 0 Å². The molecule has 1 heterocycles. The van der Waals surface area contributed by atoms with E-state index < -0.39 is 0 Å². The second-order valence-corrected chi connectivity index (χ2v) is 5.89. The number of hydrogen-bond acceptors (Lipinski definition) is 5. The van der Waals surface area contributed by atoms with Crippen molar-refractivity contribution in [2.45, 2.75) is 40.3 Å². The number of aryl methyl sites for hydroxylation is 2. The summed E-state index contributed by atoms with van der Waals surface area (Å²) in [5.41, 5.74) is 3.71. The number of benzene rings is 1. The predicted octanol–water partition coefficient (Wildman–Crippen LogP) is 3.53. The summed E-state index contributed by atoms with van der Waals surface area (Å²) < 4.78 is 11.7. The van der Waals surface area contributed by atoms with Gasteiger partial charge in [0, 0.05) is 16.6 Å². The summed E-state index contributed by atoms with van der Waals surface area (Å²) in [6.07, 6.45) is 1.10. The number of aromatic nitrogens is 2. The average molecular weight is 354 g/mol. The first-order valence-electron chi connectivity index (χ1n) is 7.02. The Morgan fingerprint density at radius 2 is 2.10 bits per heavy atom. The van der Waals surface area contributed by atoms with Crippen molar-refractivity contribution in [3.63, 3.8) is 0 Å². The molecule has 0 saturated heterocycles. The number of ether oxygens (including phenoxy) is 1. The molecule has 0 radical (unpaired) electrons. The maximum Gasteiger partial charge on any atom is 0.145 e. The molecular formula is C15H20BrN3O2. The topological polar surface area (TPSA) is 60.2 Å². The van der Waals surface area contributed by atoms with Crippen LogP contribution in [0.3, 0.4) is 0 Å². The summed E-state index contributed by atoms with van der Waals surface area (Å²) in [5, 5.41) is 11.0. The van der Waals surface area contributed by atoms with Crippen LogP contribution in [0.15, 0.2) is 21.2 Å². The van der Waals surface area contributed by atoms with Crippen LogP contribution in [0.25, 0.3) is 0 Å². The van der Waals surface area contributed by atoms with Crippen molar-refractivity contribution in [1.29, 1.82) is 0 Å². The van der Waals surface area contributed by atoms with Crippen LogP contribution in [0.2, 0.25) is 0 Å². The van der Waals surface area contributed by atoms with Gasteiger partial charge in [-0.3, -0.25) is 0 Å². The first-order valence-corrected chi connectivity index (χ1v) is 7.81. The van der Waals surface area contributed by atoms with Crippen LogP contribution in [0.4, 0.5) is 0 Å². The van der Waals surface area contributed by atoms with Gasteiger partial charge in [-0.25, -0.2) is 4.63 Å². The Kier molecular flexibility index (Phi) is 5.76. The standard InChI is InChI=1S/C15H20BrN3O2/c1-4-5-17-8-12-7-13(16)6-10(2)15(12)20-9-14-11(3)18-21-19-14/h6-7,17H,4-5,8-9H2,1-3H3. The van der Waals surface area contributed by atoms with Gasteiger partial charge in [0.05, 0.1) is 0 Å². The third-order valence-electron chi connectivity index (χ3n) is 3.16. The normalized spacial score (nSPS) is 10.9. The fraction of sp³-hybridized carbons (Fsp3) is 0.467. The highest BCUT2D eigenvalue weighted by Crippen LogP contribution is 2.29. The van der Waals surface area contributed by atoms with Crippen LogP contribution in [-0.2, 0) is 13.2 Å². The fourth-order valence-corrected chi connectivity index (χ4v) is 2.68. The maximum atomic E-state index is 5.96. The van der Waals surface area contributed by atoms with Crippen LogP contribution in [0, 0.1) is 13.8 Å². The molecule has 0 fully saturated rings. The smallest absolute Gasteiger partial charge is 0.145 e. The van der Waals surface area contributed by atoms with E-state index in [0.29, 0.717) is 6.61 Å². The monoisotopic (exact) mass is 353 g/mol. The van der Waals surface area contributed by atoms with Gasteiger partial charge in [0.2, 0.25) is 0 Å². The molecule has 6 heteroatoms. The van der Waals surface area contributed by atoms with Gasteiger partial charge in [-0.2, -0.15) is 0 Å². The molecule has 5 nitrogen and oxygen atoms in total. The highest BCUT2D eigenvalue weighted by atomic mass is 79.9. The molecule has 2 aromatic rings. The lowest BCUT2D eigenvalue weighted by molar-refractivity contribution is 0.267. The van der Waals surface area contributed by atoms with Gasteiger partial charge in [-0.05, 0) is 44.5 Å². The van der Waals surface area contributed by atoms with Crippen molar-refractivity contribution in [1.82, 2.24) is 15.6 Å². The van der Waals surface area contributed by atoms with E-state index in [9.17, 15) is 0 Å². The van der Waals surface area contributed by atoms with E-state index in [2.05, 4.69) is 44.6 Å². The van der Waals surface area contributed by atoms with Gasteiger partial charge in [0.1, 0.15) is 23.7 Å². The van der Waals surface area contributed by atoms with Crippen molar-refractivity contribution >= 4 is 15.9 Å². The number of rotatable bonds is 7. The van der Waals surface area contributed by atoms with Gasteiger partial charge in [-0.15, -0.1) is 0 Å². The Morgan fingerprint density at radius 1 is 1.29 bits per heavy atom. The molecule has 0 saturated carbocycles. The molecule has 1 aromatic heterocycles. The molecule has 0 atom stereocenters. The highest BCUT2D eigenvalue weighted by molar-refractivity contribution is 9.10. The van der Waals surface area contributed by atoms with Crippen LogP contribution in [0.1, 0.15) is 35.9 Å². The van der Waals surface area contributed by atoms with Crippen molar-refractivity contribution in [3.8, 4) is 5.75 Å². The number of halogens is 1. The molecule has 0 aliphatic rings. The molecule has 0 aliphatic heterocycles. The van der Waals surface area contributed by atoms with Gasteiger partial charge >= 0.3 is 0 Å². The summed E-state index contributed by atoms with van der Waals surface area (Å²) >= 11 is 3.54. The Hall–Kier alpha value is -1.40. The van der Waals surface area contributed by atoms with E-state index in [0.717, 1.165) is 52.2 Å². The Morgan fingerprint density at radius 3 is 2.76 bits per heavy atom. The van der Waals surface area contributed by atoms with E-state index >= 15 is 0 Å². The summed E-state index contributed by atoms with van der Waals surface area (Å²) in [4.78, 5) is 0. The lowest BCUT2D eigenvalue weighted by atomic mass is 10.1. The Labute approximate surface area is 133 Å². The zero-order chi connectivity index (χ0) is 15.2. The van der Waals surface area contributed by atoms with Gasteiger partial charge in [0.25, 0.3) is 0 Å². The molecular weight excluding hydrogens is 334 g/mol. The average Bonchev–Trinajstić information content (AvgIpc) is 2.83. The van der Waals surface area contributed by atoms with E-state index in [1.165, 1.54) is 0 Å². The lowest BCUT2D eigenvalue weighted by Crippen LogP contribution is -2.15. The molecule has 0 unspecified atom stereocenters. The quantitative estimate of drug-likeness (QED) is 0.771. The summed E-state index contributed by atoms with van der Waals surface area (Å²) in [5.74, 6) is 0.893. The fourth-order valence-electron chi connectivity index (χ4n) is 2.06. The van der Waals surface area contributed by atoms with Crippen LogP contribution in [-0.4, -0.2) is 16.9 Å². The molecule has 21 heavy (non-hydrogen) atoms. The van der Waals surface area contributed by atoms with E-state index in [-0.39, 0.29) is 0 Å². The molecule has 1 N–H and O–H groups in total. The molecule has 0 bridgehead atoms. The number of hydrogen-bond donors (Lipinski definition) is 1. The molecule has 2 rings (SSSR count). The first kappa shape index (κ1) is 16.0. The molecule has 0 amide bonds. The minimum absolute atomic E-state index is 0.360. The first-order chi connectivity index (χ1) is 10.1. The van der Waals surface area contributed by atoms with Crippen molar-refractivity contribution < 1.29 is 9.37 Å². The Bertz CT molecular complexity index is 599. The minimum Gasteiger partial charge on any atom is -0.486 e. The van der Waals surface area contributed by atoms with Crippen LogP contribution in [0.5, 0.6) is 5.75 Å². The lowest BCUT2D eigenvalue weighted by Gasteiger charge is -2.15. The van der Waals surface area contributed by atoms with Gasteiger partial charge < -0.3 is 10.1 Å². The Balaban J connectivity index is 2.14. The van der Waals surface area contributed by atoms with Crippen LogP contribution < -0.4 is 10.1 Å². The van der Waals surface area contributed by atoms with Crippen molar-refractivity contribution in [3.05, 3.63) is 39.1 Å². The van der Waals surface area contributed by atoms with E-state index in [1.807, 2.05) is 19.9 Å². The summed E-state index contributed by atoms with van der Waals surface area (Å²) in [6.45, 7) is 8.16. The molecule has 114 valence electrons. The van der Waals surface area contributed by atoms with E-state index in [1.54, 1.807) is 0 Å².